The van der Waals surface area contributed by atoms with Crippen LogP contribution in [0.4, 0.5) is 0 Å². The number of carbonyl (C=O) groups excluding carboxylic acids is 1. The van der Waals surface area contributed by atoms with Crippen LogP contribution in [0, 0.1) is 5.92 Å². The van der Waals surface area contributed by atoms with E-state index in [-0.39, 0.29) is 5.91 Å². The number of rotatable bonds is 5. The lowest BCUT2D eigenvalue weighted by molar-refractivity contribution is 0.0733. The fraction of sp³-hybridized carbons (Fsp3) is 0.643. The van der Waals surface area contributed by atoms with Gasteiger partial charge in [0, 0.05) is 19.1 Å². The van der Waals surface area contributed by atoms with E-state index in [1.165, 1.54) is 25.7 Å². The highest BCUT2D eigenvalue weighted by Gasteiger charge is 2.29. The molecular formula is C14H20N4O. The van der Waals surface area contributed by atoms with Crippen LogP contribution in [0.5, 0.6) is 0 Å². The molecule has 0 spiro atoms. The summed E-state index contributed by atoms with van der Waals surface area (Å²) >= 11 is 0. The van der Waals surface area contributed by atoms with E-state index >= 15 is 0 Å². The Bertz CT molecular complexity index is 426. The van der Waals surface area contributed by atoms with Crippen molar-refractivity contribution >= 4 is 5.91 Å². The summed E-state index contributed by atoms with van der Waals surface area (Å²) < 4.78 is 0. The highest BCUT2D eigenvalue weighted by molar-refractivity contribution is 5.93. The first kappa shape index (κ1) is 12.5. The van der Waals surface area contributed by atoms with E-state index in [0.29, 0.717) is 17.5 Å². The first-order valence-electron chi connectivity index (χ1n) is 7.12. The fourth-order valence-corrected chi connectivity index (χ4v) is 2.63. The first-order valence-corrected chi connectivity index (χ1v) is 7.12. The number of hydrogen-bond acceptors (Lipinski definition) is 4. The molecular weight excluding hydrogens is 240 g/mol. The van der Waals surface area contributed by atoms with Crippen molar-refractivity contribution in [3.05, 3.63) is 24.0 Å². The molecule has 1 N–H and O–H groups in total. The third-order valence-electron chi connectivity index (χ3n) is 3.90. The molecule has 1 amide bonds. The van der Waals surface area contributed by atoms with Gasteiger partial charge >= 0.3 is 0 Å². The number of hydrogen-bond donors (Lipinski definition) is 1. The molecule has 0 radical (unpaired) electrons. The number of aromatic nitrogens is 2. The zero-order valence-electron chi connectivity index (χ0n) is 11.1. The Morgan fingerprint density at radius 1 is 1.32 bits per heavy atom. The van der Waals surface area contributed by atoms with E-state index in [4.69, 9.17) is 0 Å². The molecule has 5 heteroatoms. The van der Waals surface area contributed by atoms with Crippen molar-refractivity contribution in [3.63, 3.8) is 0 Å². The smallest absolute Gasteiger partial charge is 0.255 e. The van der Waals surface area contributed by atoms with Gasteiger partial charge in [-0.25, -0.2) is 0 Å². The minimum Gasteiger partial charge on any atom is -0.337 e. The standard InChI is InChI=1S/C14H20N4O/c19-14(12-5-7-16-17-8-12)18(9-11-3-4-11)10-13-2-1-6-15-13/h5,7-8,11,13,15H,1-4,6,9-10H2. The highest BCUT2D eigenvalue weighted by atomic mass is 16.2. The molecule has 1 saturated heterocycles. The Balaban J connectivity index is 1.68. The molecule has 3 rings (SSSR count). The van der Waals surface area contributed by atoms with Gasteiger partial charge in [0.05, 0.1) is 18.0 Å². The van der Waals surface area contributed by atoms with Gasteiger partial charge in [0.25, 0.3) is 5.91 Å². The molecule has 2 fully saturated rings. The van der Waals surface area contributed by atoms with E-state index in [2.05, 4.69) is 15.5 Å². The summed E-state index contributed by atoms with van der Waals surface area (Å²) in [5, 5.41) is 11.0. The average molecular weight is 260 g/mol. The van der Waals surface area contributed by atoms with Crippen molar-refractivity contribution in [1.29, 1.82) is 0 Å². The van der Waals surface area contributed by atoms with Crippen LogP contribution >= 0.6 is 0 Å². The van der Waals surface area contributed by atoms with Crippen LogP contribution in [0.15, 0.2) is 18.5 Å². The van der Waals surface area contributed by atoms with Gasteiger partial charge < -0.3 is 10.2 Å². The summed E-state index contributed by atoms with van der Waals surface area (Å²) in [5.41, 5.74) is 0.647. The first-order chi connectivity index (χ1) is 9.33. The van der Waals surface area contributed by atoms with Gasteiger partial charge in [0.2, 0.25) is 0 Å². The quantitative estimate of drug-likeness (QED) is 0.860. The van der Waals surface area contributed by atoms with Gasteiger partial charge in [0.1, 0.15) is 0 Å². The minimum atomic E-state index is 0.0931. The van der Waals surface area contributed by atoms with E-state index in [9.17, 15) is 4.79 Å². The number of amides is 1. The van der Waals surface area contributed by atoms with E-state index in [0.717, 1.165) is 19.6 Å². The molecule has 1 aliphatic heterocycles. The number of nitrogens with zero attached hydrogens (tertiary/aromatic N) is 3. The predicted octanol–water partition coefficient (Wildman–Crippen LogP) is 1.08. The third kappa shape index (κ3) is 3.29. The average Bonchev–Trinajstić information content (AvgIpc) is 3.12. The van der Waals surface area contributed by atoms with Crippen LogP contribution in [-0.2, 0) is 0 Å². The zero-order valence-corrected chi connectivity index (χ0v) is 11.1. The van der Waals surface area contributed by atoms with Gasteiger partial charge in [-0.1, -0.05) is 0 Å². The van der Waals surface area contributed by atoms with Crippen molar-refractivity contribution in [2.75, 3.05) is 19.6 Å². The lowest BCUT2D eigenvalue weighted by Gasteiger charge is -2.26. The van der Waals surface area contributed by atoms with Gasteiger partial charge in [-0.05, 0) is 44.2 Å². The molecule has 2 heterocycles. The molecule has 0 bridgehead atoms. The Labute approximate surface area is 113 Å². The maximum Gasteiger partial charge on any atom is 0.255 e. The largest absolute Gasteiger partial charge is 0.337 e. The van der Waals surface area contributed by atoms with E-state index < -0.39 is 0 Å². The summed E-state index contributed by atoms with van der Waals surface area (Å²) in [4.78, 5) is 14.5. The third-order valence-corrected chi connectivity index (χ3v) is 3.90. The van der Waals surface area contributed by atoms with Gasteiger partial charge in [-0.2, -0.15) is 10.2 Å². The molecule has 19 heavy (non-hydrogen) atoms. The van der Waals surface area contributed by atoms with Crippen molar-refractivity contribution in [1.82, 2.24) is 20.4 Å². The van der Waals surface area contributed by atoms with Crippen molar-refractivity contribution in [3.8, 4) is 0 Å². The molecule has 1 aliphatic carbocycles. The van der Waals surface area contributed by atoms with Crippen LogP contribution in [0.2, 0.25) is 0 Å². The molecule has 5 nitrogen and oxygen atoms in total. The molecule has 1 saturated carbocycles. The van der Waals surface area contributed by atoms with E-state index in [1.807, 2.05) is 4.90 Å². The van der Waals surface area contributed by atoms with E-state index in [1.54, 1.807) is 18.5 Å². The molecule has 1 unspecified atom stereocenters. The summed E-state index contributed by atoms with van der Waals surface area (Å²) in [6.07, 6.45) is 8.05. The second kappa shape index (κ2) is 5.65. The van der Waals surface area contributed by atoms with Crippen molar-refractivity contribution in [2.45, 2.75) is 31.7 Å². The van der Waals surface area contributed by atoms with Crippen LogP contribution < -0.4 is 5.32 Å². The number of carbonyl (C=O) groups is 1. The van der Waals surface area contributed by atoms with Gasteiger partial charge in [-0.15, -0.1) is 0 Å². The molecule has 102 valence electrons. The minimum absolute atomic E-state index is 0.0931. The summed E-state index contributed by atoms with van der Waals surface area (Å²) in [6, 6.07) is 2.20. The normalized spacial score (nSPS) is 22.4. The lowest BCUT2D eigenvalue weighted by atomic mass is 10.2. The van der Waals surface area contributed by atoms with Crippen LogP contribution in [0.3, 0.4) is 0 Å². The van der Waals surface area contributed by atoms with Crippen LogP contribution in [0.1, 0.15) is 36.0 Å². The van der Waals surface area contributed by atoms with Gasteiger partial charge in [-0.3, -0.25) is 4.79 Å². The summed E-state index contributed by atoms with van der Waals surface area (Å²) in [6.45, 7) is 2.78. The molecule has 1 aromatic rings. The molecule has 1 aromatic heterocycles. The Morgan fingerprint density at radius 3 is 2.84 bits per heavy atom. The Hall–Kier alpha value is -1.49. The maximum absolute atomic E-state index is 12.5. The predicted molar refractivity (Wildman–Crippen MR) is 71.7 cm³/mol. The van der Waals surface area contributed by atoms with Gasteiger partial charge in [0.15, 0.2) is 0 Å². The molecule has 2 aliphatic rings. The SMILES string of the molecule is O=C(c1ccnnc1)N(CC1CC1)CC1CCCN1. The second-order valence-corrected chi connectivity index (χ2v) is 5.58. The summed E-state index contributed by atoms with van der Waals surface area (Å²) in [5.74, 6) is 0.802. The Kier molecular flexibility index (Phi) is 3.73. The maximum atomic E-state index is 12.5. The van der Waals surface area contributed by atoms with Crippen molar-refractivity contribution < 1.29 is 4.79 Å². The van der Waals surface area contributed by atoms with Crippen molar-refractivity contribution in [2.24, 2.45) is 5.92 Å². The fourth-order valence-electron chi connectivity index (χ4n) is 2.63. The number of nitrogens with one attached hydrogen (secondary N) is 1. The monoisotopic (exact) mass is 260 g/mol. The second-order valence-electron chi connectivity index (χ2n) is 5.58. The highest BCUT2D eigenvalue weighted by Crippen LogP contribution is 2.30. The zero-order chi connectivity index (χ0) is 13.1. The molecule has 0 aromatic carbocycles. The lowest BCUT2D eigenvalue weighted by Crippen LogP contribution is -2.42. The topological polar surface area (TPSA) is 58.1 Å². The van der Waals surface area contributed by atoms with Crippen LogP contribution in [0.25, 0.3) is 0 Å². The molecule has 1 atom stereocenters. The van der Waals surface area contributed by atoms with Crippen LogP contribution in [-0.4, -0.2) is 46.7 Å². The summed E-state index contributed by atoms with van der Waals surface area (Å²) in [7, 11) is 0. The Morgan fingerprint density at radius 2 is 2.21 bits per heavy atom.